The normalized spacial score (nSPS) is 12.2. The van der Waals surface area contributed by atoms with Crippen molar-refractivity contribution in [2.45, 2.75) is 6.10 Å². The van der Waals surface area contributed by atoms with Crippen molar-refractivity contribution in [2.24, 2.45) is 0 Å². The molecule has 5 heteroatoms. The van der Waals surface area contributed by atoms with Crippen LogP contribution in [-0.4, -0.2) is 18.8 Å². The van der Waals surface area contributed by atoms with Crippen LogP contribution < -0.4 is 10.1 Å². The van der Waals surface area contributed by atoms with Crippen molar-refractivity contribution in [3.63, 3.8) is 0 Å². The molecule has 0 radical (unpaired) electrons. The molecule has 0 aliphatic carbocycles. The van der Waals surface area contributed by atoms with E-state index >= 15 is 0 Å². The molecule has 2 rings (SSSR count). The van der Waals surface area contributed by atoms with E-state index in [1.807, 2.05) is 18.2 Å². The zero-order valence-corrected chi connectivity index (χ0v) is 11.5. The van der Waals surface area contributed by atoms with E-state index in [0.717, 1.165) is 15.9 Å². The molecule has 1 aromatic heterocycles. The molecule has 1 heterocycles. The summed E-state index contributed by atoms with van der Waals surface area (Å²) >= 11 is 3.38. The number of aliphatic hydroxyl groups excluding tert-OH is 1. The lowest BCUT2D eigenvalue weighted by molar-refractivity contribution is 0.162. The summed E-state index contributed by atoms with van der Waals surface area (Å²) in [7, 11) is 1.61. The number of anilines is 1. The number of aliphatic hydroxyl groups is 1. The summed E-state index contributed by atoms with van der Waals surface area (Å²) in [5.74, 6) is 1.29. The van der Waals surface area contributed by atoms with Gasteiger partial charge in [-0.2, -0.15) is 0 Å². The zero-order chi connectivity index (χ0) is 13.0. The lowest BCUT2D eigenvalue weighted by Gasteiger charge is -2.12. The minimum Gasteiger partial charge on any atom is -0.495 e. The van der Waals surface area contributed by atoms with Crippen LogP contribution in [-0.2, 0) is 0 Å². The lowest BCUT2D eigenvalue weighted by atomic mass is 10.2. The highest BCUT2D eigenvalue weighted by Crippen LogP contribution is 2.28. The maximum atomic E-state index is 9.86. The highest BCUT2D eigenvalue weighted by Gasteiger charge is 2.10. The molecule has 0 aliphatic rings. The Kier molecular flexibility index (Phi) is 4.28. The van der Waals surface area contributed by atoms with Crippen LogP contribution in [0, 0.1) is 0 Å². The number of hydrogen-bond acceptors (Lipinski definition) is 4. The van der Waals surface area contributed by atoms with Crippen LogP contribution in [0.1, 0.15) is 11.9 Å². The minimum absolute atomic E-state index is 0.373. The van der Waals surface area contributed by atoms with Crippen molar-refractivity contribution in [1.29, 1.82) is 0 Å². The van der Waals surface area contributed by atoms with E-state index in [1.54, 1.807) is 25.5 Å². The van der Waals surface area contributed by atoms with E-state index in [-0.39, 0.29) is 0 Å². The quantitative estimate of drug-likeness (QED) is 0.890. The topological polar surface area (TPSA) is 54.6 Å². The summed E-state index contributed by atoms with van der Waals surface area (Å²) in [6, 6.07) is 9.15. The molecule has 0 spiro atoms. The Labute approximate surface area is 114 Å². The Morgan fingerprint density at radius 3 is 2.94 bits per heavy atom. The molecule has 0 fully saturated rings. The van der Waals surface area contributed by atoms with Crippen molar-refractivity contribution in [1.82, 2.24) is 0 Å². The summed E-state index contributed by atoms with van der Waals surface area (Å²) in [6.45, 7) is 0.373. The summed E-state index contributed by atoms with van der Waals surface area (Å²) in [6.07, 6.45) is 0.871. The van der Waals surface area contributed by atoms with Crippen molar-refractivity contribution in [2.75, 3.05) is 19.0 Å². The molecule has 0 aliphatic heterocycles. The third kappa shape index (κ3) is 3.05. The molecule has 96 valence electrons. The standard InChI is InChI=1S/C13H14BrNO3/c1-17-13-7-9(4-5-10(13)14)15-8-11(16)12-3-2-6-18-12/h2-7,11,15-16H,8H2,1H3. The van der Waals surface area contributed by atoms with E-state index in [2.05, 4.69) is 21.2 Å². The number of nitrogens with one attached hydrogen (secondary N) is 1. The average Bonchev–Trinajstić information content (AvgIpc) is 2.91. The smallest absolute Gasteiger partial charge is 0.135 e. The van der Waals surface area contributed by atoms with Crippen molar-refractivity contribution in [3.8, 4) is 5.75 Å². The van der Waals surface area contributed by atoms with Crippen LogP contribution in [0.4, 0.5) is 5.69 Å². The van der Waals surface area contributed by atoms with Gasteiger partial charge in [0.1, 0.15) is 17.6 Å². The maximum absolute atomic E-state index is 9.86. The Hall–Kier alpha value is -1.46. The Morgan fingerprint density at radius 2 is 2.28 bits per heavy atom. The zero-order valence-electron chi connectivity index (χ0n) is 9.89. The predicted octanol–water partition coefficient (Wildman–Crippen LogP) is 3.20. The van der Waals surface area contributed by atoms with Gasteiger partial charge in [-0.1, -0.05) is 0 Å². The fourth-order valence-electron chi connectivity index (χ4n) is 1.57. The molecule has 0 saturated heterocycles. The van der Waals surface area contributed by atoms with Gasteiger partial charge in [-0.15, -0.1) is 0 Å². The van der Waals surface area contributed by atoms with Gasteiger partial charge in [0.2, 0.25) is 0 Å². The van der Waals surface area contributed by atoms with E-state index in [1.165, 1.54) is 0 Å². The van der Waals surface area contributed by atoms with Gasteiger partial charge in [0, 0.05) is 18.3 Å². The number of rotatable bonds is 5. The third-order valence-corrected chi connectivity index (χ3v) is 3.18. The molecule has 18 heavy (non-hydrogen) atoms. The van der Waals surface area contributed by atoms with Crippen molar-refractivity contribution < 1.29 is 14.3 Å². The Bertz CT molecular complexity index is 499. The SMILES string of the molecule is COc1cc(NCC(O)c2ccco2)ccc1Br. The highest BCUT2D eigenvalue weighted by atomic mass is 79.9. The first-order chi connectivity index (χ1) is 8.70. The number of furan rings is 1. The number of ether oxygens (including phenoxy) is 1. The lowest BCUT2D eigenvalue weighted by Crippen LogP contribution is -2.11. The van der Waals surface area contributed by atoms with Crippen LogP contribution in [0.3, 0.4) is 0 Å². The predicted molar refractivity (Wildman–Crippen MR) is 72.9 cm³/mol. The number of benzene rings is 1. The van der Waals surface area contributed by atoms with Crippen molar-refractivity contribution in [3.05, 3.63) is 46.8 Å². The molecular weight excluding hydrogens is 298 g/mol. The molecule has 1 atom stereocenters. The highest BCUT2D eigenvalue weighted by molar-refractivity contribution is 9.10. The first-order valence-electron chi connectivity index (χ1n) is 5.49. The van der Waals surface area contributed by atoms with Crippen LogP contribution in [0.15, 0.2) is 45.5 Å². The molecular formula is C13H14BrNO3. The van der Waals surface area contributed by atoms with Crippen molar-refractivity contribution >= 4 is 21.6 Å². The molecule has 2 N–H and O–H groups in total. The summed E-state index contributed by atoms with van der Waals surface area (Å²) < 4.78 is 11.2. The van der Waals surface area contributed by atoms with E-state index in [9.17, 15) is 5.11 Å². The first kappa shape index (κ1) is 13.0. The third-order valence-electron chi connectivity index (χ3n) is 2.52. The molecule has 0 bridgehead atoms. The van der Waals surface area contributed by atoms with Gasteiger partial charge >= 0.3 is 0 Å². The average molecular weight is 312 g/mol. The van der Waals surface area contributed by atoms with Crippen LogP contribution in [0.25, 0.3) is 0 Å². The molecule has 2 aromatic rings. The van der Waals surface area contributed by atoms with Gasteiger partial charge in [-0.05, 0) is 40.2 Å². The monoisotopic (exact) mass is 311 g/mol. The van der Waals surface area contributed by atoms with Crippen LogP contribution in [0.5, 0.6) is 5.75 Å². The number of methoxy groups -OCH3 is 1. The molecule has 0 saturated carbocycles. The fraction of sp³-hybridized carbons (Fsp3) is 0.231. The second-order valence-electron chi connectivity index (χ2n) is 3.76. The van der Waals surface area contributed by atoms with Gasteiger partial charge in [-0.25, -0.2) is 0 Å². The number of hydrogen-bond donors (Lipinski definition) is 2. The van der Waals surface area contributed by atoms with Gasteiger partial charge in [-0.3, -0.25) is 0 Å². The van der Waals surface area contributed by atoms with E-state index < -0.39 is 6.10 Å². The molecule has 1 unspecified atom stereocenters. The van der Waals surface area contributed by atoms with Gasteiger partial charge in [0.05, 0.1) is 17.8 Å². The largest absolute Gasteiger partial charge is 0.495 e. The Morgan fingerprint density at radius 1 is 1.44 bits per heavy atom. The fourth-order valence-corrected chi connectivity index (χ4v) is 1.97. The summed E-state index contributed by atoms with van der Waals surface area (Å²) in [5, 5.41) is 13.0. The second-order valence-corrected chi connectivity index (χ2v) is 4.62. The second kappa shape index (κ2) is 5.93. The molecule has 4 nitrogen and oxygen atoms in total. The maximum Gasteiger partial charge on any atom is 0.135 e. The minimum atomic E-state index is -0.672. The number of halogens is 1. The first-order valence-corrected chi connectivity index (χ1v) is 6.29. The summed E-state index contributed by atoms with van der Waals surface area (Å²) in [5.41, 5.74) is 0.876. The van der Waals surface area contributed by atoms with E-state index in [0.29, 0.717) is 12.3 Å². The van der Waals surface area contributed by atoms with E-state index in [4.69, 9.17) is 9.15 Å². The van der Waals surface area contributed by atoms with Crippen LogP contribution in [0.2, 0.25) is 0 Å². The Balaban J connectivity index is 1.98. The summed E-state index contributed by atoms with van der Waals surface area (Å²) in [4.78, 5) is 0. The molecule has 1 aromatic carbocycles. The van der Waals surface area contributed by atoms with Gasteiger partial charge in [0.25, 0.3) is 0 Å². The van der Waals surface area contributed by atoms with Gasteiger partial charge < -0.3 is 19.6 Å². The van der Waals surface area contributed by atoms with Gasteiger partial charge in [0.15, 0.2) is 0 Å². The van der Waals surface area contributed by atoms with Crippen LogP contribution >= 0.6 is 15.9 Å². The molecule has 0 amide bonds.